The maximum absolute atomic E-state index is 10.3. The van der Waals surface area contributed by atoms with Crippen LogP contribution < -0.4 is 10.6 Å². The minimum Gasteiger partial charge on any atom is -0.506 e. The van der Waals surface area contributed by atoms with Crippen molar-refractivity contribution in [2.45, 2.75) is 129 Å². The van der Waals surface area contributed by atoms with Gasteiger partial charge < -0.3 is 35.4 Å². The van der Waals surface area contributed by atoms with Crippen LogP contribution in [-0.2, 0) is 9.47 Å². The van der Waals surface area contributed by atoms with Gasteiger partial charge in [-0.05, 0) is 25.0 Å². The Hall–Kier alpha value is -1.54. The molecule has 0 saturated carbocycles. The van der Waals surface area contributed by atoms with Gasteiger partial charge in [0.05, 0.1) is 31.1 Å². The van der Waals surface area contributed by atoms with E-state index < -0.39 is 12.2 Å². The summed E-state index contributed by atoms with van der Waals surface area (Å²) in [4.78, 5) is 0. The highest BCUT2D eigenvalue weighted by atomic mass is 16.5. The van der Waals surface area contributed by atoms with Crippen molar-refractivity contribution in [3.05, 3.63) is 18.2 Å². The second-order valence-corrected chi connectivity index (χ2v) is 10.9. The van der Waals surface area contributed by atoms with E-state index in [0.29, 0.717) is 31.1 Å². The first-order chi connectivity index (χ1) is 19.1. The number of aromatic hydroxyl groups is 1. The standard InChI is InChI=1S/C32H60N2O5/c1-3-5-7-9-11-13-15-17-22-38-26-28(35)24-33-30-20-19-21-31(37)32(30)34-25-29(36)27-39-23-18-16-14-12-10-8-6-4-2/h19-21,28-29,33-37H,3-18,22-27H2,1-2H3. The van der Waals surface area contributed by atoms with Crippen LogP contribution in [0.1, 0.15) is 117 Å². The van der Waals surface area contributed by atoms with Crippen molar-refractivity contribution >= 4 is 11.4 Å². The Morgan fingerprint density at radius 2 is 1.05 bits per heavy atom. The van der Waals surface area contributed by atoms with Crippen molar-refractivity contribution in [1.29, 1.82) is 0 Å². The predicted molar refractivity (Wildman–Crippen MR) is 164 cm³/mol. The number of rotatable bonds is 28. The highest BCUT2D eigenvalue weighted by molar-refractivity contribution is 5.75. The van der Waals surface area contributed by atoms with Gasteiger partial charge in [0.15, 0.2) is 0 Å². The highest BCUT2D eigenvalue weighted by Crippen LogP contribution is 2.31. The third-order valence-corrected chi connectivity index (χ3v) is 6.99. The molecule has 1 rings (SSSR count). The molecule has 0 saturated heterocycles. The quantitative estimate of drug-likeness (QED) is 0.0551. The van der Waals surface area contributed by atoms with Crippen LogP contribution in [0, 0.1) is 0 Å². The minimum absolute atomic E-state index is 0.0903. The summed E-state index contributed by atoms with van der Waals surface area (Å²) < 4.78 is 11.3. The lowest BCUT2D eigenvalue weighted by Crippen LogP contribution is -2.27. The fourth-order valence-corrected chi connectivity index (χ4v) is 4.55. The number of para-hydroxylation sites is 1. The van der Waals surface area contributed by atoms with E-state index >= 15 is 0 Å². The summed E-state index contributed by atoms with van der Waals surface area (Å²) in [5.74, 6) is 0.0903. The summed E-state index contributed by atoms with van der Waals surface area (Å²) >= 11 is 0. The molecular formula is C32H60N2O5. The molecule has 228 valence electrons. The lowest BCUT2D eigenvalue weighted by Gasteiger charge is -2.19. The molecule has 7 nitrogen and oxygen atoms in total. The maximum Gasteiger partial charge on any atom is 0.140 e. The maximum atomic E-state index is 10.3. The highest BCUT2D eigenvalue weighted by Gasteiger charge is 2.12. The van der Waals surface area contributed by atoms with E-state index in [1.165, 1.54) is 89.9 Å². The van der Waals surface area contributed by atoms with Gasteiger partial charge in [-0.3, -0.25) is 0 Å². The van der Waals surface area contributed by atoms with Gasteiger partial charge in [0, 0.05) is 26.3 Å². The number of phenolic OH excluding ortho intramolecular Hbond substituents is 1. The summed E-state index contributed by atoms with van der Waals surface area (Å²) in [6.07, 6.45) is 18.8. The molecule has 1 aromatic carbocycles. The topological polar surface area (TPSA) is 103 Å². The number of anilines is 2. The van der Waals surface area contributed by atoms with Gasteiger partial charge in [-0.15, -0.1) is 0 Å². The molecular weight excluding hydrogens is 492 g/mol. The molecule has 1 aromatic rings. The molecule has 2 atom stereocenters. The number of hydrogen-bond donors (Lipinski definition) is 5. The second kappa shape index (κ2) is 25.4. The average molecular weight is 553 g/mol. The molecule has 0 aliphatic heterocycles. The Bertz CT molecular complexity index is 676. The van der Waals surface area contributed by atoms with Crippen LogP contribution in [0.2, 0.25) is 0 Å². The molecule has 7 heteroatoms. The first kappa shape index (κ1) is 35.5. The van der Waals surface area contributed by atoms with Crippen LogP contribution in [0.5, 0.6) is 5.75 Å². The lowest BCUT2D eigenvalue weighted by atomic mass is 10.1. The normalized spacial score (nSPS) is 12.9. The number of hydrogen-bond acceptors (Lipinski definition) is 7. The molecule has 0 aliphatic carbocycles. The van der Waals surface area contributed by atoms with Gasteiger partial charge in [-0.25, -0.2) is 0 Å². The first-order valence-electron chi connectivity index (χ1n) is 15.9. The summed E-state index contributed by atoms with van der Waals surface area (Å²) in [6, 6.07) is 5.18. The Morgan fingerprint density at radius 3 is 1.54 bits per heavy atom. The monoisotopic (exact) mass is 552 g/mol. The third-order valence-electron chi connectivity index (χ3n) is 6.99. The Kier molecular flexibility index (Phi) is 23.1. The van der Waals surface area contributed by atoms with E-state index in [2.05, 4.69) is 24.5 Å². The number of benzene rings is 1. The molecule has 0 aliphatic rings. The Morgan fingerprint density at radius 1 is 0.615 bits per heavy atom. The molecule has 0 spiro atoms. The lowest BCUT2D eigenvalue weighted by molar-refractivity contribution is 0.0414. The SMILES string of the molecule is CCCCCCCCCCOCC(O)CNc1cccc(O)c1NCC(O)COCCCCCCCCCC. The van der Waals surface area contributed by atoms with Crippen LogP contribution >= 0.6 is 0 Å². The summed E-state index contributed by atoms with van der Waals surface area (Å²) in [6.45, 7) is 6.91. The van der Waals surface area contributed by atoms with Gasteiger partial charge in [0.25, 0.3) is 0 Å². The van der Waals surface area contributed by atoms with E-state index in [1.54, 1.807) is 12.1 Å². The molecule has 2 unspecified atom stereocenters. The van der Waals surface area contributed by atoms with Crippen molar-refractivity contribution in [2.75, 3.05) is 50.2 Å². The molecule has 0 amide bonds. The van der Waals surface area contributed by atoms with Crippen molar-refractivity contribution in [1.82, 2.24) is 0 Å². The second-order valence-electron chi connectivity index (χ2n) is 10.9. The van der Waals surface area contributed by atoms with Crippen LogP contribution in [0.15, 0.2) is 18.2 Å². The van der Waals surface area contributed by atoms with E-state index in [1.807, 2.05) is 6.07 Å². The van der Waals surface area contributed by atoms with Crippen LogP contribution in [0.25, 0.3) is 0 Å². The molecule has 0 heterocycles. The van der Waals surface area contributed by atoms with Gasteiger partial charge >= 0.3 is 0 Å². The summed E-state index contributed by atoms with van der Waals surface area (Å²) in [5.41, 5.74) is 1.18. The van der Waals surface area contributed by atoms with Gasteiger partial charge in [-0.1, -0.05) is 110 Å². The van der Waals surface area contributed by atoms with Crippen molar-refractivity contribution in [2.24, 2.45) is 0 Å². The van der Waals surface area contributed by atoms with Crippen molar-refractivity contribution in [3.63, 3.8) is 0 Å². The number of phenols is 1. The predicted octanol–water partition coefficient (Wildman–Crippen LogP) is 7.25. The van der Waals surface area contributed by atoms with Crippen LogP contribution in [0.3, 0.4) is 0 Å². The zero-order valence-corrected chi connectivity index (χ0v) is 25.1. The molecule has 5 N–H and O–H groups in total. The van der Waals surface area contributed by atoms with E-state index in [-0.39, 0.29) is 25.5 Å². The first-order valence-corrected chi connectivity index (χ1v) is 15.9. The zero-order valence-electron chi connectivity index (χ0n) is 25.1. The average Bonchev–Trinajstić information content (AvgIpc) is 2.93. The molecule has 0 fully saturated rings. The van der Waals surface area contributed by atoms with Gasteiger partial charge in [0.1, 0.15) is 11.4 Å². The van der Waals surface area contributed by atoms with Crippen LogP contribution in [0.4, 0.5) is 11.4 Å². The summed E-state index contributed by atoms with van der Waals surface area (Å²) in [7, 11) is 0. The Labute approximate surface area is 239 Å². The molecule has 0 aromatic heterocycles. The fourth-order valence-electron chi connectivity index (χ4n) is 4.55. The molecule has 0 radical (unpaired) electrons. The zero-order chi connectivity index (χ0) is 28.4. The number of aliphatic hydroxyl groups is 2. The number of nitrogens with one attached hydrogen (secondary N) is 2. The van der Waals surface area contributed by atoms with E-state index in [0.717, 1.165) is 12.8 Å². The van der Waals surface area contributed by atoms with Crippen LogP contribution in [-0.4, -0.2) is 67.0 Å². The minimum atomic E-state index is -0.679. The summed E-state index contributed by atoms with van der Waals surface area (Å²) in [5, 5.41) is 37.3. The number of aliphatic hydroxyl groups excluding tert-OH is 2. The van der Waals surface area contributed by atoms with Crippen molar-refractivity contribution in [3.8, 4) is 5.75 Å². The van der Waals surface area contributed by atoms with E-state index in [9.17, 15) is 15.3 Å². The largest absolute Gasteiger partial charge is 0.506 e. The number of unbranched alkanes of at least 4 members (excludes halogenated alkanes) is 14. The van der Waals surface area contributed by atoms with Gasteiger partial charge in [0.2, 0.25) is 0 Å². The fraction of sp³-hybridized carbons (Fsp3) is 0.812. The number of ether oxygens (including phenoxy) is 2. The smallest absolute Gasteiger partial charge is 0.140 e. The molecule has 0 bridgehead atoms. The van der Waals surface area contributed by atoms with Crippen molar-refractivity contribution < 1.29 is 24.8 Å². The molecule has 39 heavy (non-hydrogen) atoms. The third kappa shape index (κ3) is 20.1. The Balaban J connectivity index is 2.17. The van der Waals surface area contributed by atoms with E-state index in [4.69, 9.17) is 9.47 Å². The van der Waals surface area contributed by atoms with Gasteiger partial charge in [-0.2, -0.15) is 0 Å².